The van der Waals surface area contributed by atoms with Crippen LogP contribution in [0.25, 0.3) is 0 Å². The van der Waals surface area contributed by atoms with Gasteiger partial charge in [0.1, 0.15) is 9.83 Å². The molecule has 0 radical (unpaired) electrons. The summed E-state index contributed by atoms with van der Waals surface area (Å²) in [7, 11) is -4.98. The predicted molar refractivity (Wildman–Crippen MR) is 56.6 cm³/mol. The zero-order valence-electron chi connectivity index (χ0n) is 8.28. The lowest BCUT2D eigenvalue weighted by Crippen LogP contribution is -2.15. The Morgan fingerprint density at radius 1 is 1.08 bits per heavy atom. The Balaban J connectivity index is 4.05. The normalized spacial score (nSPS) is 14.3. The smallest absolute Gasteiger partial charge is 0.229 e. The maximum Gasteiger partial charge on any atom is 0.229 e. The van der Waals surface area contributed by atoms with Crippen molar-refractivity contribution in [3.8, 4) is 0 Å². The van der Waals surface area contributed by atoms with Gasteiger partial charge in [0.2, 0.25) is 8.87 Å². The van der Waals surface area contributed by atoms with Gasteiger partial charge < -0.3 is 0 Å². The predicted octanol–water partition coefficient (Wildman–Crippen LogP) is 1.67. The number of hydrogen-bond acceptors (Lipinski definition) is 3. The summed E-state index contributed by atoms with van der Waals surface area (Å²) in [5.74, 6) is 0.363. The van der Waals surface area contributed by atoms with E-state index in [2.05, 4.69) is 0 Å². The Morgan fingerprint density at radius 2 is 1.62 bits per heavy atom. The lowest BCUT2D eigenvalue weighted by Gasteiger charge is -2.01. The molecule has 0 saturated carbocycles. The van der Waals surface area contributed by atoms with Gasteiger partial charge in [-0.3, -0.25) is 0 Å². The van der Waals surface area contributed by atoms with Crippen LogP contribution in [-0.2, 0) is 18.7 Å². The highest BCUT2D eigenvalue weighted by Gasteiger charge is 2.18. The summed E-state index contributed by atoms with van der Waals surface area (Å²) in [5, 5.41) is 0. The number of unbranched alkanes of at least 4 members (excludes halogenated alkanes) is 2. The summed E-state index contributed by atoms with van der Waals surface area (Å²) in [5.41, 5.74) is 0. The molecule has 0 aromatic heterocycles. The molecule has 0 N–H and O–H groups in total. The lowest BCUT2D eigenvalue weighted by atomic mass is 10.4. The lowest BCUT2D eigenvalue weighted by molar-refractivity contribution is 0.602. The molecule has 1 unspecified atom stereocenters. The van der Waals surface area contributed by atoms with E-state index in [1.165, 1.54) is 0 Å². The van der Waals surface area contributed by atoms with E-state index >= 15 is 0 Å². The van der Waals surface area contributed by atoms with Crippen LogP contribution >= 0.6 is 0 Å². The maximum absolute atomic E-state index is 11.3. The maximum atomic E-state index is 11.3. The highest BCUT2D eigenvalue weighted by atomic mass is 33.2. The first kappa shape index (κ1) is 13.1. The van der Waals surface area contributed by atoms with Crippen LogP contribution < -0.4 is 0 Å². The van der Waals surface area contributed by atoms with Crippen molar-refractivity contribution in [3.63, 3.8) is 0 Å². The van der Waals surface area contributed by atoms with Gasteiger partial charge in [-0.2, -0.15) is 0 Å². The first-order valence-corrected chi connectivity index (χ1v) is 8.15. The molecule has 0 aromatic rings. The standard InChI is InChI=1S/C8H18O3S2/c1-3-5-7-12(9)13(10,11)8-6-4-2/h3-8H2,1-2H3. The van der Waals surface area contributed by atoms with Crippen molar-refractivity contribution in [1.29, 1.82) is 0 Å². The summed E-state index contributed by atoms with van der Waals surface area (Å²) >= 11 is 0. The third kappa shape index (κ3) is 5.41. The summed E-state index contributed by atoms with van der Waals surface area (Å²) in [6.45, 7) is 3.88. The molecule has 13 heavy (non-hydrogen) atoms. The second kappa shape index (κ2) is 6.54. The minimum Gasteiger partial charge on any atom is -0.243 e. The molecule has 3 nitrogen and oxygen atoms in total. The zero-order chi connectivity index (χ0) is 10.3. The van der Waals surface area contributed by atoms with Crippen LogP contribution in [0.4, 0.5) is 0 Å². The molecule has 0 rings (SSSR count). The van der Waals surface area contributed by atoms with Crippen LogP contribution in [0.15, 0.2) is 0 Å². The molecule has 0 bridgehead atoms. The van der Waals surface area contributed by atoms with Crippen molar-refractivity contribution in [2.45, 2.75) is 39.5 Å². The van der Waals surface area contributed by atoms with Gasteiger partial charge in [0.05, 0.1) is 5.75 Å². The van der Waals surface area contributed by atoms with Gasteiger partial charge in [0.25, 0.3) is 0 Å². The van der Waals surface area contributed by atoms with E-state index in [0.29, 0.717) is 12.2 Å². The highest BCUT2D eigenvalue weighted by molar-refractivity contribution is 8.64. The average Bonchev–Trinajstić information content (AvgIpc) is 2.10. The first-order valence-electron chi connectivity index (χ1n) is 4.66. The Hall–Kier alpha value is 0.1000. The highest BCUT2D eigenvalue weighted by Crippen LogP contribution is 2.05. The van der Waals surface area contributed by atoms with Crippen LogP contribution in [0.2, 0.25) is 0 Å². The second-order valence-electron chi connectivity index (χ2n) is 2.98. The van der Waals surface area contributed by atoms with Gasteiger partial charge in [-0.25, -0.2) is 12.6 Å². The Kier molecular flexibility index (Phi) is 6.59. The second-order valence-corrected chi connectivity index (χ2v) is 8.16. The summed E-state index contributed by atoms with van der Waals surface area (Å²) in [4.78, 5) is 0. The van der Waals surface area contributed by atoms with Gasteiger partial charge in [0, 0.05) is 5.75 Å². The van der Waals surface area contributed by atoms with Crippen LogP contribution in [0.1, 0.15) is 39.5 Å². The molecule has 80 valence electrons. The average molecular weight is 226 g/mol. The van der Waals surface area contributed by atoms with E-state index in [9.17, 15) is 12.6 Å². The molecular formula is C8H18O3S2. The molecule has 0 spiro atoms. The van der Waals surface area contributed by atoms with Crippen LogP contribution in [0.3, 0.4) is 0 Å². The molecule has 0 aliphatic rings. The van der Waals surface area contributed by atoms with Gasteiger partial charge in [-0.15, -0.1) is 0 Å². The monoisotopic (exact) mass is 226 g/mol. The molecule has 0 amide bonds. The summed E-state index contributed by atoms with van der Waals surface area (Å²) in [6, 6.07) is 0. The van der Waals surface area contributed by atoms with Crippen molar-refractivity contribution in [2.75, 3.05) is 11.5 Å². The molecule has 5 heteroatoms. The molecule has 0 heterocycles. The van der Waals surface area contributed by atoms with E-state index < -0.39 is 18.7 Å². The van der Waals surface area contributed by atoms with Crippen molar-refractivity contribution in [3.05, 3.63) is 0 Å². The molecule has 0 fully saturated rings. The van der Waals surface area contributed by atoms with Crippen molar-refractivity contribution in [2.24, 2.45) is 0 Å². The molecular weight excluding hydrogens is 208 g/mol. The Labute approximate surface area is 82.7 Å². The van der Waals surface area contributed by atoms with E-state index in [4.69, 9.17) is 0 Å². The van der Waals surface area contributed by atoms with E-state index in [1.54, 1.807) is 0 Å². The topological polar surface area (TPSA) is 51.2 Å². The minimum atomic E-state index is -3.32. The van der Waals surface area contributed by atoms with Gasteiger partial charge in [-0.05, 0) is 12.8 Å². The fourth-order valence-electron chi connectivity index (χ4n) is 0.803. The number of hydrogen-bond donors (Lipinski definition) is 0. The first-order chi connectivity index (χ1) is 6.04. The summed E-state index contributed by atoms with van der Waals surface area (Å²) in [6.07, 6.45) is 3.04. The fraction of sp³-hybridized carbons (Fsp3) is 1.00. The third-order valence-electron chi connectivity index (χ3n) is 1.70. The van der Waals surface area contributed by atoms with E-state index in [0.717, 1.165) is 19.3 Å². The molecule has 0 aliphatic heterocycles. The van der Waals surface area contributed by atoms with E-state index in [1.807, 2.05) is 13.8 Å². The number of rotatable bonds is 7. The molecule has 0 aromatic carbocycles. The van der Waals surface area contributed by atoms with Crippen molar-refractivity contribution < 1.29 is 12.6 Å². The van der Waals surface area contributed by atoms with Gasteiger partial charge in [0.15, 0.2) is 0 Å². The van der Waals surface area contributed by atoms with Crippen LogP contribution in [0, 0.1) is 0 Å². The summed E-state index contributed by atoms with van der Waals surface area (Å²) < 4.78 is 33.8. The molecule has 0 saturated heterocycles. The SMILES string of the molecule is CCCCS(=O)S(=O)(=O)CCCC. The van der Waals surface area contributed by atoms with Gasteiger partial charge in [-0.1, -0.05) is 26.7 Å². The Morgan fingerprint density at radius 3 is 2.08 bits per heavy atom. The quantitative estimate of drug-likeness (QED) is 0.620. The van der Waals surface area contributed by atoms with E-state index in [-0.39, 0.29) is 5.75 Å². The third-order valence-corrected chi connectivity index (χ3v) is 6.37. The molecule has 1 atom stereocenters. The Bertz CT molecular complexity index is 244. The fourth-order valence-corrected chi connectivity index (χ4v) is 4.44. The zero-order valence-corrected chi connectivity index (χ0v) is 9.92. The van der Waals surface area contributed by atoms with Crippen LogP contribution in [-0.4, -0.2) is 24.1 Å². The minimum absolute atomic E-state index is 0.0693. The van der Waals surface area contributed by atoms with Crippen LogP contribution in [0.5, 0.6) is 0 Å². The van der Waals surface area contributed by atoms with Crippen molar-refractivity contribution >= 4 is 18.7 Å². The molecule has 0 aliphatic carbocycles. The van der Waals surface area contributed by atoms with Gasteiger partial charge >= 0.3 is 0 Å². The largest absolute Gasteiger partial charge is 0.243 e. The van der Waals surface area contributed by atoms with Crippen molar-refractivity contribution in [1.82, 2.24) is 0 Å².